The molecule has 10 heteroatoms. The fourth-order valence-electron chi connectivity index (χ4n) is 3.62. The summed E-state index contributed by atoms with van der Waals surface area (Å²) in [7, 11) is -5.79. The topological polar surface area (TPSA) is 72.9 Å². The van der Waals surface area contributed by atoms with Crippen LogP contribution in [0.5, 0.6) is 5.75 Å². The van der Waals surface area contributed by atoms with Gasteiger partial charge in [-0.05, 0) is 68.9 Å². The first-order chi connectivity index (χ1) is 15.2. The molecular formula is C23H26F3NO5S. The molecule has 0 N–H and O–H groups in total. The summed E-state index contributed by atoms with van der Waals surface area (Å²) in [4.78, 5) is 14.5. The van der Waals surface area contributed by atoms with Crippen LogP contribution in [0, 0.1) is 0 Å². The first-order valence-corrected chi connectivity index (χ1v) is 11.8. The van der Waals surface area contributed by atoms with Gasteiger partial charge in [0.05, 0.1) is 0 Å². The predicted molar refractivity (Wildman–Crippen MR) is 116 cm³/mol. The maximum Gasteiger partial charge on any atom is 0.534 e. The Bertz CT molecular complexity index is 1100. The Labute approximate surface area is 191 Å². The molecule has 0 bridgehead atoms. The van der Waals surface area contributed by atoms with Crippen LogP contribution in [-0.2, 0) is 34.2 Å². The van der Waals surface area contributed by atoms with Crippen molar-refractivity contribution in [3.63, 3.8) is 0 Å². The smallest absolute Gasteiger partial charge is 0.444 e. The molecule has 180 valence electrons. The van der Waals surface area contributed by atoms with Gasteiger partial charge in [-0.25, -0.2) is 4.79 Å². The second-order valence-corrected chi connectivity index (χ2v) is 10.4. The van der Waals surface area contributed by atoms with Crippen molar-refractivity contribution in [1.29, 1.82) is 0 Å². The standard InChI is InChI=1S/C23H26F3NO5S/c1-22(2,3)31-21(28)27-15-18-14-20(32-33(29,30)23(24,25)26)12-10-17(18)13-19(27)11-9-16-7-5-4-6-8-16/h4-8,10,12,14,19H,9,11,13,15H2,1-3H3. The van der Waals surface area contributed by atoms with Crippen LogP contribution in [0.1, 0.15) is 43.9 Å². The Balaban J connectivity index is 1.85. The minimum absolute atomic E-state index is 0.0625. The highest BCUT2D eigenvalue weighted by atomic mass is 32.2. The van der Waals surface area contributed by atoms with Gasteiger partial charge in [0.25, 0.3) is 0 Å². The van der Waals surface area contributed by atoms with E-state index in [1.54, 1.807) is 31.7 Å². The number of aryl methyl sites for hydroxylation is 1. The number of hydrogen-bond donors (Lipinski definition) is 0. The number of hydrogen-bond acceptors (Lipinski definition) is 5. The van der Waals surface area contributed by atoms with Gasteiger partial charge in [0, 0.05) is 12.6 Å². The Morgan fingerprint density at radius 1 is 1.06 bits per heavy atom. The molecule has 0 fully saturated rings. The third-order valence-electron chi connectivity index (χ3n) is 5.14. The Hall–Kier alpha value is -2.75. The quantitative estimate of drug-likeness (QED) is 0.430. The summed E-state index contributed by atoms with van der Waals surface area (Å²) in [5, 5.41) is 0. The summed E-state index contributed by atoms with van der Waals surface area (Å²) >= 11 is 0. The Morgan fingerprint density at radius 2 is 1.73 bits per heavy atom. The van der Waals surface area contributed by atoms with E-state index >= 15 is 0 Å². The van der Waals surface area contributed by atoms with Crippen molar-refractivity contribution in [2.75, 3.05) is 0 Å². The third-order valence-corrected chi connectivity index (χ3v) is 6.12. The molecular weight excluding hydrogens is 459 g/mol. The van der Waals surface area contributed by atoms with Crippen LogP contribution in [-0.4, -0.2) is 36.6 Å². The Morgan fingerprint density at radius 3 is 2.33 bits per heavy atom. The lowest BCUT2D eigenvalue weighted by molar-refractivity contribution is -0.0500. The average molecular weight is 486 g/mol. The van der Waals surface area contributed by atoms with Crippen LogP contribution in [0.3, 0.4) is 0 Å². The second kappa shape index (κ2) is 9.24. The largest absolute Gasteiger partial charge is 0.534 e. The summed E-state index contributed by atoms with van der Waals surface area (Å²) in [5.74, 6) is -0.460. The van der Waals surface area contributed by atoms with Crippen molar-refractivity contribution in [2.45, 2.75) is 63.7 Å². The molecule has 0 saturated heterocycles. The van der Waals surface area contributed by atoms with E-state index in [-0.39, 0.29) is 12.6 Å². The number of rotatable bonds is 5. The van der Waals surface area contributed by atoms with Gasteiger partial charge in [-0.15, -0.1) is 0 Å². The molecule has 33 heavy (non-hydrogen) atoms. The normalized spacial score (nSPS) is 16.8. The van der Waals surface area contributed by atoms with E-state index in [1.807, 2.05) is 30.3 Å². The molecule has 2 aromatic carbocycles. The van der Waals surface area contributed by atoms with Crippen molar-refractivity contribution < 1.29 is 35.3 Å². The number of nitrogens with zero attached hydrogens (tertiary/aromatic N) is 1. The molecule has 1 atom stereocenters. The lowest BCUT2D eigenvalue weighted by atomic mass is 9.90. The third kappa shape index (κ3) is 6.40. The summed E-state index contributed by atoms with van der Waals surface area (Å²) in [5.41, 5.74) is -3.83. The van der Waals surface area contributed by atoms with E-state index < -0.39 is 33.1 Å². The number of alkyl halides is 3. The van der Waals surface area contributed by atoms with E-state index in [0.29, 0.717) is 18.4 Å². The summed E-state index contributed by atoms with van der Waals surface area (Å²) in [6.07, 6.45) is 1.29. The molecule has 2 aromatic rings. The summed E-state index contributed by atoms with van der Waals surface area (Å²) in [6, 6.07) is 13.6. The minimum atomic E-state index is -5.79. The molecule has 1 aliphatic rings. The van der Waals surface area contributed by atoms with Crippen molar-refractivity contribution in [3.05, 3.63) is 65.2 Å². The first kappa shape index (κ1) is 24.9. The van der Waals surface area contributed by atoms with Gasteiger partial charge in [0.1, 0.15) is 11.4 Å². The van der Waals surface area contributed by atoms with Gasteiger partial charge in [-0.1, -0.05) is 36.4 Å². The van der Waals surface area contributed by atoms with E-state index in [2.05, 4.69) is 4.18 Å². The molecule has 0 aliphatic carbocycles. The van der Waals surface area contributed by atoms with E-state index in [9.17, 15) is 26.4 Å². The van der Waals surface area contributed by atoms with Crippen LogP contribution < -0.4 is 4.18 Å². The zero-order valence-electron chi connectivity index (χ0n) is 18.6. The molecule has 0 radical (unpaired) electrons. The molecule has 1 unspecified atom stereocenters. The van der Waals surface area contributed by atoms with Gasteiger partial charge in [-0.2, -0.15) is 21.6 Å². The van der Waals surface area contributed by atoms with E-state index in [0.717, 1.165) is 17.5 Å². The van der Waals surface area contributed by atoms with Gasteiger partial charge < -0.3 is 13.8 Å². The van der Waals surface area contributed by atoms with Gasteiger partial charge in [-0.3, -0.25) is 0 Å². The number of carbonyl (C=O) groups excluding carboxylic acids is 1. The second-order valence-electron chi connectivity index (χ2n) is 8.90. The number of amides is 1. The van der Waals surface area contributed by atoms with Gasteiger partial charge in [0.15, 0.2) is 0 Å². The van der Waals surface area contributed by atoms with Crippen LogP contribution in [0.2, 0.25) is 0 Å². The highest BCUT2D eigenvalue weighted by molar-refractivity contribution is 7.88. The zero-order chi connectivity index (χ0) is 24.4. The van der Waals surface area contributed by atoms with Crippen molar-refractivity contribution >= 4 is 16.2 Å². The van der Waals surface area contributed by atoms with Crippen molar-refractivity contribution in [2.24, 2.45) is 0 Å². The molecule has 1 aliphatic heterocycles. The molecule has 1 heterocycles. The van der Waals surface area contributed by atoms with E-state index in [1.165, 1.54) is 12.1 Å². The average Bonchev–Trinajstić information content (AvgIpc) is 2.70. The molecule has 0 spiro atoms. The molecule has 0 saturated carbocycles. The van der Waals surface area contributed by atoms with E-state index in [4.69, 9.17) is 4.74 Å². The zero-order valence-corrected chi connectivity index (χ0v) is 19.4. The van der Waals surface area contributed by atoms with Crippen LogP contribution >= 0.6 is 0 Å². The molecule has 6 nitrogen and oxygen atoms in total. The number of halogens is 3. The maximum atomic E-state index is 12.9. The first-order valence-electron chi connectivity index (χ1n) is 10.4. The highest BCUT2D eigenvalue weighted by Crippen LogP contribution is 2.32. The lowest BCUT2D eigenvalue weighted by Crippen LogP contribution is -2.46. The molecule has 1 amide bonds. The van der Waals surface area contributed by atoms with Crippen LogP contribution in [0.25, 0.3) is 0 Å². The predicted octanol–water partition coefficient (Wildman–Crippen LogP) is 5.21. The Kier molecular flexibility index (Phi) is 6.97. The van der Waals surface area contributed by atoms with Crippen molar-refractivity contribution in [1.82, 2.24) is 4.90 Å². The lowest BCUT2D eigenvalue weighted by Gasteiger charge is -2.38. The number of benzene rings is 2. The van der Waals surface area contributed by atoms with Gasteiger partial charge >= 0.3 is 21.7 Å². The number of carbonyl (C=O) groups is 1. The maximum absolute atomic E-state index is 12.9. The monoisotopic (exact) mass is 485 g/mol. The highest BCUT2D eigenvalue weighted by Gasteiger charge is 2.48. The van der Waals surface area contributed by atoms with Crippen molar-refractivity contribution in [3.8, 4) is 5.75 Å². The van der Waals surface area contributed by atoms with Gasteiger partial charge in [0.2, 0.25) is 0 Å². The minimum Gasteiger partial charge on any atom is -0.444 e. The number of fused-ring (bicyclic) bond motifs is 1. The summed E-state index contributed by atoms with van der Waals surface area (Å²) < 4.78 is 70.5. The summed E-state index contributed by atoms with van der Waals surface area (Å²) in [6.45, 7) is 5.30. The number of ether oxygens (including phenoxy) is 1. The molecule has 3 rings (SSSR count). The SMILES string of the molecule is CC(C)(C)OC(=O)N1Cc2cc(OS(=O)(=O)C(F)(F)F)ccc2CC1CCc1ccccc1. The molecule has 0 aromatic heterocycles. The fraction of sp³-hybridized carbons (Fsp3) is 0.435. The fourth-order valence-corrected chi connectivity index (χ4v) is 4.07. The van der Waals surface area contributed by atoms with Crippen LogP contribution in [0.4, 0.5) is 18.0 Å². The van der Waals surface area contributed by atoms with Crippen LogP contribution in [0.15, 0.2) is 48.5 Å².